The Hall–Kier alpha value is -2.84. The number of hydrogen-bond acceptors (Lipinski definition) is 6. The number of halogens is 2. The zero-order valence-electron chi connectivity index (χ0n) is 12.4. The predicted molar refractivity (Wildman–Crippen MR) is 75.3 cm³/mol. The summed E-state index contributed by atoms with van der Waals surface area (Å²) in [6.07, 6.45) is 0. The van der Waals surface area contributed by atoms with Crippen LogP contribution in [0.25, 0.3) is 0 Å². The zero-order valence-corrected chi connectivity index (χ0v) is 12.4. The molecule has 0 saturated carbocycles. The Balaban J connectivity index is 2.23. The second-order valence-electron chi connectivity index (χ2n) is 4.87. The molecule has 120 valence electrons. The normalized spacial score (nSPS) is 16.8. The van der Waals surface area contributed by atoms with E-state index in [9.17, 15) is 13.6 Å². The number of allylic oxidation sites excluding steroid dienone is 1. The molecule has 1 atom stereocenters. The molecule has 1 aromatic heterocycles. The van der Waals surface area contributed by atoms with Crippen molar-refractivity contribution < 1.29 is 18.3 Å². The molecule has 3 rings (SSSR count). The highest BCUT2D eigenvalue weighted by atomic mass is 19.1. The first-order valence-corrected chi connectivity index (χ1v) is 6.91. The SMILES string of the molecule is CCOC(=O)C1=C(C)Nc2nnnn2C1c1c(F)cccc1F. The molecule has 1 N–H and O–H groups in total. The summed E-state index contributed by atoms with van der Waals surface area (Å²) in [6, 6.07) is 2.32. The van der Waals surface area contributed by atoms with E-state index in [-0.39, 0.29) is 23.7 Å². The first-order valence-electron chi connectivity index (χ1n) is 6.91. The lowest BCUT2D eigenvalue weighted by Crippen LogP contribution is -2.31. The fourth-order valence-electron chi connectivity index (χ4n) is 2.52. The number of nitrogens with one attached hydrogen (secondary N) is 1. The van der Waals surface area contributed by atoms with Crippen LogP contribution in [0.15, 0.2) is 29.5 Å². The number of carbonyl (C=O) groups excluding carboxylic acids is 1. The molecular weight excluding hydrogens is 308 g/mol. The first kappa shape index (κ1) is 15.1. The van der Waals surface area contributed by atoms with Crippen LogP contribution in [-0.4, -0.2) is 32.8 Å². The number of tetrazole rings is 1. The maximum Gasteiger partial charge on any atom is 0.338 e. The molecule has 0 aliphatic carbocycles. The molecule has 7 nitrogen and oxygen atoms in total. The average molecular weight is 321 g/mol. The molecule has 23 heavy (non-hydrogen) atoms. The molecule has 0 saturated heterocycles. The number of benzene rings is 1. The fraction of sp³-hybridized carbons (Fsp3) is 0.286. The van der Waals surface area contributed by atoms with E-state index in [0.717, 1.165) is 16.8 Å². The van der Waals surface area contributed by atoms with Gasteiger partial charge in [0.05, 0.1) is 17.7 Å². The summed E-state index contributed by atoms with van der Waals surface area (Å²) in [6.45, 7) is 3.37. The number of ether oxygens (including phenoxy) is 1. The van der Waals surface area contributed by atoms with Crippen LogP contribution in [0, 0.1) is 11.6 Å². The predicted octanol–water partition coefficient (Wildman–Crippen LogP) is 1.80. The molecule has 0 spiro atoms. The van der Waals surface area contributed by atoms with Crippen molar-refractivity contribution in [1.82, 2.24) is 20.2 Å². The quantitative estimate of drug-likeness (QED) is 0.868. The standard InChI is InChI=1S/C14H13F2N5O2/c1-3-23-13(22)10-7(2)17-14-18-19-20-21(14)12(10)11-8(15)5-4-6-9(11)16/h4-6,12H,3H2,1-2H3,(H,17,18,20). The van der Waals surface area contributed by atoms with Crippen LogP contribution in [0.2, 0.25) is 0 Å². The Morgan fingerprint density at radius 1 is 1.39 bits per heavy atom. The van der Waals surface area contributed by atoms with Crippen molar-refractivity contribution in [3.05, 3.63) is 46.7 Å². The highest BCUT2D eigenvalue weighted by molar-refractivity contribution is 5.92. The Kier molecular flexibility index (Phi) is 3.77. The van der Waals surface area contributed by atoms with E-state index in [4.69, 9.17) is 4.74 Å². The lowest BCUT2D eigenvalue weighted by atomic mass is 9.95. The van der Waals surface area contributed by atoms with Crippen LogP contribution in [0.1, 0.15) is 25.5 Å². The molecule has 1 aliphatic heterocycles. The van der Waals surface area contributed by atoms with E-state index in [1.54, 1.807) is 13.8 Å². The second-order valence-corrected chi connectivity index (χ2v) is 4.87. The van der Waals surface area contributed by atoms with Crippen molar-refractivity contribution in [1.29, 1.82) is 0 Å². The van der Waals surface area contributed by atoms with Gasteiger partial charge in [-0.15, -0.1) is 0 Å². The summed E-state index contributed by atoms with van der Waals surface area (Å²) in [4.78, 5) is 12.3. The molecule has 0 radical (unpaired) electrons. The highest BCUT2D eigenvalue weighted by Gasteiger charge is 2.37. The molecule has 1 unspecified atom stereocenters. The number of fused-ring (bicyclic) bond motifs is 1. The minimum Gasteiger partial charge on any atom is -0.463 e. The Morgan fingerprint density at radius 2 is 2.09 bits per heavy atom. The van der Waals surface area contributed by atoms with E-state index in [1.165, 1.54) is 6.07 Å². The molecular formula is C14H13F2N5O2. The summed E-state index contributed by atoms with van der Waals surface area (Å²) in [5.41, 5.74) is 0.110. The molecule has 2 aromatic rings. The molecule has 1 aliphatic rings. The van der Waals surface area contributed by atoms with Crippen LogP contribution < -0.4 is 5.32 Å². The van der Waals surface area contributed by atoms with E-state index >= 15 is 0 Å². The lowest BCUT2D eigenvalue weighted by molar-refractivity contribution is -0.139. The topological polar surface area (TPSA) is 81.9 Å². The van der Waals surface area contributed by atoms with Crippen LogP contribution in [0.3, 0.4) is 0 Å². The van der Waals surface area contributed by atoms with Gasteiger partial charge in [-0.25, -0.2) is 13.6 Å². The van der Waals surface area contributed by atoms with Crippen LogP contribution >= 0.6 is 0 Å². The number of esters is 1. The number of nitrogens with zero attached hydrogens (tertiary/aromatic N) is 4. The van der Waals surface area contributed by atoms with Crippen LogP contribution in [0.5, 0.6) is 0 Å². The summed E-state index contributed by atoms with van der Waals surface area (Å²) >= 11 is 0. The van der Waals surface area contributed by atoms with Gasteiger partial charge in [-0.2, -0.15) is 4.68 Å². The summed E-state index contributed by atoms with van der Waals surface area (Å²) < 4.78 is 34.7. The minimum absolute atomic E-state index is 0.0515. The highest BCUT2D eigenvalue weighted by Crippen LogP contribution is 2.37. The number of anilines is 1. The van der Waals surface area contributed by atoms with E-state index in [0.29, 0.717) is 5.70 Å². The minimum atomic E-state index is -1.15. The van der Waals surface area contributed by atoms with Crippen molar-refractivity contribution in [2.24, 2.45) is 0 Å². The van der Waals surface area contributed by atoms with Gasteiger partial charge >= 0.3 is 5.97 Å². The number of hydrogen-bond donors (Lipinski definition) is 1. The van der Waals surface area contributed by atoms with Gasteiger partial charge in [0, 0.05) is 5.70 Å². The van der Waals surface area contributed by atoms with Crippen molar-refractivity contribution in [2.75, 3.05) is 11.9 Å². The molecule has 0 bridgehead atoms. The van der Waals surface area contributed by atoms with Gasteiger partial charge in [-0.1, -0.05) is 11.2 Å². The third kappa shape index (κ3) is 2.43. The van der Waals surface area contributed by atoms with Crippen LogP contribution in [0.4, 0.5) is 14.7 Å². The third-order valence-corrected chi connectivity index (χ3v) is 3.48. The largest absolute Gasteiger partial charge is 0.463 e. The van der Waals surface area contributed by atoms with Gasteiger partial charge in [-0.05, 0) is 36.4 Å². The summed E-state index contributed by atoms with van der Waals surface area (Å²) in [7, 11) is 0. The zero-order chi connectivity index (χ0) is 16.6. The van der Waals surface area contributed by atoms with E-state index in [1.807, 2.05) is 0 Å². The van der Waals surface area contributed by atoms with Gasteiger partial charge in [0.15, 0.2) is 0 Å². The average Bonchev–Trinajstić information content (AvgIpc) is 2.94. The Labute approximate surface area is 129 Å². The van der Waals surface area contributed by atoms with Crippen molar-refractivity contribution >= 4 is 11.9 Å². The summed E-state index contributed by atoms with van der Waals surface area (Å²) in [5, 5.41) is 13.8. The van der Waals surface area contributed by atoms with E-state index in [2.05, 4.69) is 20.8 Å². The molecule has 9 heteroatoms. The third-order valence-electron chi connectivity index (χ3n) is 3.48. The van der Waals surface area contributed by atoms with Crippen molar-refractivity contribution in [3.63, 3.8) is 0 Å². The van der Waals surface area contributed by atoms with Gasteiger partial charge in [0.2, 0.25) is 5.95 Å². The van der Waals surface area contributed by atoms with Gasteiger partial charge in [0.25, 0.3) is 0 Å². The maximum absolute atomic E-state index is 14.3. The smallest absolute Gasteiger partial charge is 0.338 e. The monoisotopic (exact) mass is 321 g/mol. The number of carbonyl (C=O) groups is 1. The first-order chi connectivity index (χ1) is 11.0. The Bertz CT molecular complexity index is 782. The van der Waals surface area contributed by atoms with Gasteiger partial charge < -0.3 is 10.1 Å². The number of rotatable bonds is 3. The van der Waals surface area contributed by atoms with Crippen molar-refractivity contribution in [2.45, 2.75) is 19.9 Å². The van der Waals surface area contributed by atoms with E-state index < -0.39 is 23.6 Å². The Morgan fingerprint density at radius 3 is 2.74 bits per heavy atom. The molecule has 1 aromatic carbocycles. The molecule has 2 heterocycles. The molecule has 0 fully saturated rings. The van der Waals surface area contributed by atoms with Gasteiger partial charge in [0.1, 0.15) is 17.7 Å². The maximum atomic E-state index is 14.3. The van der Waals surface area contributed by atoms with Crippen molar-refractivity contribution in [3.8, 4) is 0 Å². The fourth-order valence-corrected chi connectivity index (χ4v) is 2.52. The molecule has 0 amide bonds. The summed E-state index contributed by atoms with van der Waals surface area (Å²) in [5.74, 6) is -2.10. The second kappa shape index (κ2) is 5.75. The number of aromatic nitrogens is 4. The van der Waals surface area contributed by atoms with Gasteiger partial charge in [-0.3, -0.25) is 0 Å². The van der Waals surface area contributed by atoms with Crippen LogP contribution in [-0.2, 0) is 9.53 Å². The lowest BCUT2D eigenvalue weighted by Gasteiger charge is -2.27.